The van der Waals surface area contributed by atoms with Crippen molar-refractivity contribution < 1.29 is 19.4 Å². The van der Waals surface area contributed by atoms with Crippen LogP contribution >= 0.6 is 11.6 Å². The van der Waals surface area contributed by atoms with Gasteiger partial charge in [0.2, 0.25) is 0 Å². The quantitative estimate of drug-likeness (QED) is 0.261. The molecule has 0 bridgehead atoms. The normalized spacial score (nSPS) is 17.5. The summed E-state index contributed by atoms with van der Waals surface area (Å²) < 4.78 is 11.8. The van der Waals surface area contributed by atoms with Crippen molar-refractivity contribution in [2.45, 2.75) is 50.6 Å². The zero-order valence-corrected chi connectivity index (χ0v) is 23.9. The molecule has 7 nitrogen and oxygen atoms in total. The Morgan fingerprint density at radius 1 is 1.15 bits per heavy atom. The Morgan fingerprint density at radius 3 is 2.46 bits per heavy atom. The SMILES string of the molecule is CO[C@](c1ccc(Cl)cc1)(c1ccc(C(C)(O)CNC2CCOCC2)cc1C=O)N(C)Cc1ccc(C)cn1. The molecule has 1 aliphatic heterocycles. The number of pyridine rings is 1. The van der Waals surface area contributed by atoms with Crippen molar-refractivity contribution in [1.82, 2.24) is 15.2 Å². The van der Waals surface area contributed by atoms with Gasteiger partial charge >= 0.3 is 0 Å². The molecule has 0 aliphatic carbocycles. The van der Waals surface area contributed by atoms with E-state index in [1.54, 1.807) is 20.1 Å². The smallest absolute Gasteiger partial charge is 0.174 e. The summed E-state index contributed by atoms with van der Waals surface area (Å²) in [4.78, 5) is 19.2. The first-order valence-electron chi connectivity index (χ1n) is 13.3. The molecular formula is C31H38ClN3O4. The Morgan fingerprint density at radius 2 is 1.85 bits per heavy atom. The van der Waals surface area contributed by atoms with Gasteiger partial charge in [-0.1, -0.05) is 41.9 Å². The van der Waals surface area contributed by atoms with Gasteiger partial charge in [0.15, 0.2) is 12.0 Å². The third-order valence-corrected chi connectivity index (χ3v) is 7.81. The van der Waals surface area contributed by atoms with E-state index in [1.165, 1.54) is 0 Å². The van der Waals surface area contributed by atoms with Crippen LogP contribution in [-0.4, -0.2) is 61.2 Å². The number of nitrogens with one attached hydrogen (secondary N) is 1. The molecule has 1 unspecified atom stereocenters. The van der Waals surface area contributed by atoms with E-state index < -0.39 is 11.3 Å². The van der Waals surface area contributed by atoms with Gasteiger partial charge in [-0.2, -0.15) is 0 Å². The zero-order valence-electron chi connectivity index (χ0n) is 23.1. The Bertz CT molecular complexity index is 1240. The van der Waals surface area contributed by atoms with Crippen molar-refractivity contribution >= 4 is 17.9 Å². The van der Waals surface area contributed by atoms with Crippen molar-refractivity contribution in [3.8, 4) is 0 Å². The van der Waals surface area contributed by atoms with Crippen LogP contribution < -0.4 is 5.32 Å². The topological polar surface area (TPSA) is 83.9 Å². The average molecular weight is 552 g/mol. The van der Waals surface area contributed by atoms with Gasteiger partial charge in [0.05, 0.1) is 11.3 Å². The Kier molecular flexibility index (Phi) is 9.54. The molecule has 2 atom stereocenters. The molecule has 4 rings (SSSR count). The first-order chi connectivity index (χ1) is 18.7. The standard InChI is InChI=1S/C31H38ClN3O4/c1-22-5-11-28(33-18-22)19-35(3)31(38-4,24-6-9-26(32)10-7-24)29-12-8-25(17-23(29)20-36)30(2,37)21-34-27-13-15-39-16-14-27/h5-12,17-18,20,27,34,37H,13-16,19,21H2,1-4H3/t30?,31-/m1/s1. The van der Waals surface area contributed by atoms with Crippen LogP contribution in [0.25, 0.3) is 0 Å². The number of aryl methyl sites for hydroxylation is 1. The van der Waals surface area contributed by atoms with Crippen LogP contribution in [0.1, 0.15) is 58.1 Å². The van der Waals surface area contributed by atoms with Crippen LogP contribution in [0.15, 0.2) is 60.8 Å². The second kappa shape index (κ2) is 12.7. The highest BCUT2D eigenvalue weighted by Gasteiger charge is 2.41. The second-order valence-electron chi connectivity index (χ2n) is 10.5. The van der Waals surface area contributed by atoms with E-state index in [4.69, 9.17) is 21.1 Å². The van der Waals surface area contributed by atoms with E-state index in [2.05, 4.69) is 10.3 Å². The third-order valence-electron chi connectivity index (χ3n) is 7.56. The lowest BCUT2D eigenvalue weighted by Crippen LogP contribution is -2.47. The molecule has 39 heavy (non-hydrogen) atoms. The number of hydrogen-bond donors (Lipinski definition) is 2. The maximum absolute atomic E-state index is 12.6. The number of carbonyl (C=O) groups excluding carboxylic acids is 1. The monoisotopic (exact) mass is 551 g/mol. The number of methoxy groups -OCH3 is 1. The number of benzene rings is 2. The number of aldehydes is 1. The van der Waals surface area contributed by atoms with E-state index >= 15 is 0 Å². The fourth-order valence-corrected chi connectivity index (χ4v) is 5.36. The predicted molar refractivity (Wildman–Crippen MR) is 153 cm³/mol. The van der Waals surface area contributed by atoms with Crippen molar-refractivity contribution in [2.75, 3.05) is 33.9 Å². The van der Waals surface area contributed by atoms with Gasteiger partial charge in [0, 0.05) is 67.4 Å². The maximum Gasteiger partial charge on any atom is 0.174 e. The lowest BCUT2D eigenvalue weighted by molar-refractivity contribution is -0.104. The minimum absolute atomic E-state index is 0.296. The Labute approximate surface area is 236 Å². The predicted octanol–water partition coefficient (Wildman–Crippen LogP) is 4.81. The number of hydrogen-bond acceptors (Lipinski definition) is 7. The summed E-state index contributed by atoms with van der Waals surface area (Å²) in [5, 5.41) is 15.5. The van der Waals surface area contributed by atoms with Crippen LogP contribution in [0, 0.1) is 6.92 Å². The highest BCUT2D eigenvalue weighted by molar-refractivity contribution is 6.30. The number of ether oxygens (including phenoxy) is 2. The Balaban J connectivity index is 1.73. The highest BCUT2D eigenvalue weighted by Crippen LogP contribution is 2.40. The molecule has 1 fully saturated rings. The number of aromatic nitrogens is 1. The Hall–Kier alpha value is -2.65. The van der Waals surface area contributed by atoms with Gasteiger partial charge in [-0.3, -0.25) is 14.7 Å². The van der Waals surface area contributed by atoms with Crippen LogP contribution in [0.3, 0.4) is 0 Å². The van der Waals surface area contributed by atoms with Crippen LogP contribution in [0.2, 0.25) is 5.02 Å². The van der Waals surface area contributed by atoms with Crippen LogP contribution in [-0.2, 0) is 27.3 Å². The second-order valence-corrected chi connectivity index (χ2v) is 10.9. The largest absolute Gasteiger partial charge is 0.384 e. The summed E-state index contributed by atoms with van der Waals surface area (Å²) in [6.07, 6.45) is 4.48. The van der Waals surface area contributed by atoms with E-state index in [9.17, 15) is 9.90 Å². The molecule has 2 N–H and O–H groups in total. The van der Waals surface area contributed by atoms with E-state index in [0.29, 0.717) is 40.8 Å². The molecule has 0 radical (unpaired) electrons. The van der Waals surface area contributed by atoms with E-state index in [-0.39, 0.29) is 0 Å². The molecule has 0 spiro atoms. The van der Waals surface area contributed by atoms with Gasteiger partial charge in [-0.25, -0.2) is 0 Å². The third kappa shape index (κ3) is 6.57. The maximum atomic E-state index is 12.6. The van der Waals surface area contributed by atoms with Crippen molar-refractivity contribution in [1.29, 1.82) is 0 Å². The summed E-state index contributed by atoms with van der Waals surface area (Å²) in [6.45, 7) is 6.03. The lowest BCUT2D eigenvalue weighted by atomic mass is 9.85. The van der Waals surface area contributed by atoms with Crippen LogP contribution in [0.4, 0.5) is 0 Å². The highest BCUT2D eigenvalue weighted by atomic mass is 35.5. The van der Waals surface area contributed by atoms with Crippen LogP contribution in [0.5, 0.6) is 0 Å². The number of halogens is 1. The van der Waals surface area contributed by atoms with Gasteiger partial charge in [0.1, 0.15) is 0 Å². The lowest BCUT2D eigenvalue weighted by Gasteiger charge is -2.42. The van der Waals surface area contributed by atoms with Gasteiger partial charge < -0.3 is 19.9 Å². The number of carbonyl (C=O) groups is 1. The first kappa shape index (κ1) is 29.3. The van der Waals surface area contributed by atoms with Crippen molar-refractivity contribution in [2.24, 2.45) is 0 Å². The van der Waals surface area contributed by atoms with Gasteiger partial charge in [-0.05, 0) is 69.1 Å². The number of rotatable bonds is 11. The van der Waals surface area contributed by atoms with Crippen molar-refractivity contribution in [3.63, 3.8) is 0 Å². The van der Waals surface area contributed by atoms with E-state index in [0.717, 1.165) is 49.2 Å². The molecule has 2 aromatic carbocycles. The molecule has 0 amide bonds. The van der Waals surface area contributed by atoms with E-state index in [1.807, 2.05) is 73.6 Å². The summed E-state index contributed by atoms with van der Waals surface area (Å²) in [6, 6.07) is 17.2. The van der Waals surface area contributed by atoms with Crippen molar-refractivity contribution in [3.05, 3.63) is 99.3 Å². The molecule has 3 aromatic rings. The molecule has 1 aliphatic rings. The molecule has 1 saturated heterocycles. The molecular weight excluding hydrogens is 514 g/mol. The minimum atomic E-state index is -1.18. The molecule has 208 valence electrons. The molecule has 0 saturated carbocycles. The zero-order chi connectivity index (χ0) is 28.0. The molecule has 8 heteroatoms. The minimum Gasteiger partial charge on any atom is -0.384 e. The summed E-state index contributed by atoms with van der Waals surface area (Å²) >= 11 is 6.23. The average Bonchev–Trinajstić information content (AvgIpc) is 2.95. The van der Waals surface area contributed by atoms with Gasteiger partial charge in [-0.15, -0.1) is 0 Å². The van der Waals surface area contributed by atoms with Gasteiger partial charge in [0.25, 0.3) is 0 Å². The number of aliphatic hydroxyl groups is 1. The molecule has 2 heterocycles. The fraction of sp³-hybridized carbons (Fsp3) is 0.419. The number of nitrogens with zero attached hydrogens (tertiary/aromatic N) is 2. The summed E-state index contributed by atoms with van der Waals surface area (Å²) in [7, 11) is 3.57. The fourth-order valence-electron chi connectivity index (χ4n) is 5.24. The summed E-state index contributed by atoms with van der Waals surface area (Å²) in [5.41, 5.74) is 2.19. The molecule has 1 aromatic heterocycles. The first-order valence-corrected chi connectivity index (χ1v) is 13.6. The summed E-state index contributed by atoms with van der Waals surface area (Å²) in [5.74, 6) is 0.